The molecule has 2 rings (SSSR count). The monoisotopic (exact) mass is 277 g/mol. The molecule has 0 saturated heterocycles. The number of aryl methyl sites for hydroxylation is 2. The summed E-state index contributed by atoms with van der Waals surface area (Å²) < 4.78 is 1.25. The molecule has 5 nitrogen and oxygen atoms in total. The summed E-state index contributed by atoms with van der Waals surface area (Å²) in [5.74, 6) is 0. The summed E-state index contributed by atoms with van der Waals surface area (Å²) >= 11 is 5.30. The Balaban J connectivity index is 2.42. The predicted molar refractivity (Wildman–Crippen MR) is 71.9 cm³/mol. The molecule has 0 aliphatic rings. The molecule has 2 heterocycles. The van der Waals surface area contributed by atoms with Crippen LogP contribution in [0.25, 0.3) is 11.4 Å². The van der Waals surface area contributed by atoms with E-state index in [1.54, 1.807) is 25.4 Å². The Labute approximate surface area is 114 Å². The second-order valence-electron chi connectivity index (χ2n) is 4.05. The molecule has 0 saturated carbocycles. The van der Waals surface area contributed by atoms with Crippen LogP contribution in [0.2, 0.25) is 0 Å². The maximum atomic E-state index is 11.9. The van der Waals surface area contributed by atoms with Gasteiger partial charge in [0.15, 0.2) is 0 Å². The van der Waals surface area contributed by atoms with Gasteiger partial charge < -0.3 is 0 Å². The third-order valence-electron chi connectivity index (χ3n) is 2.66. The number of pyridine rings is 1. The van der Waals surface area contributed by atoms with E-state index in [-0.39, 0.29) is 12.0 Å². The van der Waals surface area contributed by atoms with Gasteiger partial charge in [-0.05, 0) is 36.2 Å². The van der Waals surface area contributed by atoms with Gasteiger partial charge in [0.25, 0.3) is 5.56 Å². The smallest absolute Gasteiger partial charge is 0.269 e. The van der Waals surface area contributed by atoms with Gasteiger partial charge in [-0.1, -0.05) is 6.07 Å². The van der Waals surface area contributed by atoms with Gasteiger partial charge in [-0.2, -0.15) is 5.10 Å². The van der Waals surface area contributed by atoms with Crippen molar-refractivity contribution < 1.29 is 4.79 Å². The molecule has 98 valence electrons. The number of carbonyl (C=O) groups is 1. The molecule has 2 aromatic rings. The summed E-state index contributed by atoms with van der Waals surface area (Å²) in [7, 11) is 1.57. The average molecular weight is 278 g/mol. The van der Waals surface area contributed by atoms with Crippen molar-refractivity contribution in [1.82, 2.24) is 14.8 Å². The SMILES string of the molecule is Cn1nc(-c2ccccn2)cc(CCC(=O)Cl)c1=O. The summed E-state index contributed by atoms with van der Waals surface area (Å²) in [4.78, 5) is 26.9. The van der Waals surface area contributed by atoms with Crippen LogP contribution < -0.4 is 5.56 Å². The van der Waals surface area contributed by atoms with Gasteiger partial charge in [-0.15, -0.1) is 0 Å². The van der Waals surface area contributed by atoms with Crippen LogP contribution >= 0.6 is 11.6 Å². The first-order valence-corrected chi connectivity index (χ1v) is 6.12. The largest absolute Gasteiger partial charge is 0.281 e. The van der Waals surface area contributed by atoms with E-state index in [1.807, 2.05) is 12.1 Å². The molecule has 0 atom stereocenters. The zero-order valence-electron chi connectivity index (χ0n) is 10.3. The summed E-state index contributed by atoms with van der Waals surface area (Å²) in [5.41, 5.74) is 1.56. The fourth-order valence-corrected chi connectivity index (χ4v) is 1.82. The van der Waals surface area contributed by atoms with E-state index in [0.29, 0.717) is 23.4 Å². The number of hydrogen-bond acceptors (Lipinski definition) is 4. The Bertz CT molecular complexity index is 653. The topological polar surface area (TPSA) is 64.8 Å². The quantitative estimate of drug-likeness (QED) is 0.795. The molecule has 0 aromatic carbocycles. The second kappa shape index (κ2) is 5.75. The predicted octanol–water partition coefficient (Wildman–Crippen LogP) is 1.54. The molecule has 6 heteroatoms. The lowest BCUT2D eigenvalue weighted by molar-refractivity contribution is -0.111. The van der Waals surface area contributed by atoms with Crippen molar-refractivity contribution in [1.29, 1.82) is 0 Å². The summed E-state index contributed by atoms with van der Waals surface area (Å²) in [6.45, 7) is 0. The molecule has 0 amide bonds. The van der Waals surface area contributed by atoms with Crippen LogP contribution in [0.4, 0.5) is 0 Å². The van der Waals surface area contributed by atoms with Crippen molar-refractivity contribution >= 4 is 16.8 Å². The minimum Gasteiger partial charge on any atom is -0.281 e. The molecular weight excluding hydrogens is 266 g/mol. The van der Waals surface area contributed by atoms with Crippen LogP contribution in [-0.2, 0) is 18.3 Å². The third kappa shape index (κ3) is 3.26. The lowest BCUT2D eigenvalue weighted by atomic mass is 10.1. The Kier molecular flexibility index (Phi) is 4.06. The van der Waals surface area contributed by atoms with E-state index in [2.05, 4.69) is 10.1 Å². The number of halogens is 1. The zero-order valence-corrected chi connectivity index (χ0v) is 11.1. The maximum Gasteiger partial charge on any atom is 0.269 e. The van der Waals surface area contributed by atoms with Crippen molar-refractivity contribution in [3.63, 3.8) is 0 Å². The number of carbonyl (C=O) groups excluding carboxylic acids is 1. The normalized spacial score (nSPS) is 10.4. The third-order valence-corrected chi connectivity index (χ3v) is 2.84. The van der Waals surface area contributed by atoms with E-state index in [0.717, 1.165) is 0 Å². The summed E-state index contributed by atoms with van der Waals surface area (Å²) in [6, 6.07) is 7.11. The van der Waals surface area contributed by atoms with Gasteiger partial charge in [-0.25, -0.2) is 4.68 Å². The number of nitrogens with zero attached hydrogens (tertiary/aromatic N) is 3. The summed E-state index contributed by atoms with van der Waals surface area (Å²) in [6.07, 6.45) is 2.09. The molecule has 19 heavy (non-hydrogen) atoms. The highest BCUT2D eigenvalue weighted by Crippen LogP contribution is 2.13. The van der Waals surface area contributed by atoms with E-state index in [1.165, 1.54) is 4.68 Å². The van der Waals surface area contributed by atoms with Gasteiger partial charge in [0.1, 0.15) is 5.69 Å². The van der Waals surface area contributed by atoms with Crippen molar-refractivity contribution in [3.05, 3.63) is 46.4 Å². The van der Waals surface area contributed by atoms with Crippen LogP contribution in [0, 0.1) is 0 Å². The minimum atomic E-state index is -0.460. The van der Waals surface area contributed by atoms with Gasteiger partial charge in [-0.3, -0.25) is 14.6 Å². The lowest BCUT2D eigenvalue weighted by Gasteiger charge is -2.06. The first-order chi connectivity index (χ1) is 9.08. The van der Waals surface area contributed by atoms with Crippen molar-refractivity contribution in [2.45, 2.75) is 12.8 Å². The highest BCUT2D eigenvalue weighted by Gasteiger charge is 2.09. The van der Waals surface area contributed by atoms with Crippen molar-refractivity contribution in [2.24, 2.45) is 7.05 Å². The van der Waals surface area contributed by atoms with Crippen molar-refractivity contribution in [3.8, 4) is 11.4 Å². The minimum absolute atomic E-state index is 0.127. The second-order valence-corrected chi connectivity index (χ2v) is 4.48. The van der Waals surface area contributed by atoms with Gasteiger partial charge in [0.05, 0.1) is 5.69 Å². The summed E-state index contributed by atoms with van der Waals surface area (Å²) in [5, 5.41) is 3.69. The highest BCUT2D eigenvalue weighted by atomic mass is 35.5. The Hall–Kier alpha value is -2.01. The number of aromatic nitrogens is 3. The zero-order chi connectivity index (χ0) is 13.8. The van der Waals surface area contributed by atoms with Crippen LogP contribution in [0.5, 0.6) is 0 Å². The molecular formula is C13H12ClN3O2. The highest BCUT2D eigenvalue weighted by molar-refractivity contribution is 6.63. The fourth-order valence-electron chi connectivity index (χ4n) is 1.72. The van der Waals surface area contributed by atoms with Crippen LogP contribution in [0.1, 0.15) is 12.0 Å². The van der Waals surface area contributed by atoms with Crippen LogP contribution in [0.15, 0.2) is 35.3 Å². The maximum absolute atomic E-state index is 11.9. The molecule has 0 aliphatic heterocycles. The molecule has 0 unspecified atom stereocenters. The Morgan fingerprint density at radius 2 is 2.16 bits per heavy atom. The Morgan fingerprint density at radius 3 is 2.79 bits per heavy atom. The standard InChI is InChI=1S/C13H12ClN3O2/c1-17-13(19)9(5-6-12(14)18)8-11(16-17)10-4-2-3-7-15-10/h2-4,7-8H,5-6H2,1H3. The molecule has 0 aliphatic carbocycles. The Morgan fingerprint density at radius 1 is 1.37 bits per heavy atom. The first-order valence-electron chi connectivity index (χ1n) is 5.75. The molecule has 0 N–H and O–H groups in total. The fraction of sp³-hybridized carbons (Fsp3) is 0.231. The van der Waals surface area contributed by atoms with Crippen molar-refractivity contribution in [2.75, 3.05) is 0 Å². The lowest BCUT2D eigenvalue weighted by Crippen LogP contribution is -2.24. The number of hydrogen-bond donors (Lipinski definition) is 0. The van der Waals surface area contributed by atoms with Gasteiger partial charge in [0.2, 0.25) is 5.24 Å². The molecule has 0 radical (unpaired) electrons. The van der Waals surface area contributed by atoms with E-state index < -0.39 is 5.24 Å². The molecule has 0 bridgehead atoms. The number of rotatable bonds is 4. The molecule has 0 spiro atoms. The van der Waals surface area contributed by atoms with E-state index in [9.17, 15) is 9.59 Å². The van der Waals surface area contributed by atoms with E-state index >= 15 is 0 Å². The molecule has 0 fully saturated rings. The van der Waals surface area contributed by atoms with Crippen LogP contribution in [-0.4, -0.2) is 20.0 Å². The van der Waals surface area contributed by atoms with Crippen LogP contribution in [0.3, 0.4) is 0 Å². The average Bonchev–Trinajstić information content (AvgIpc) is 2.41. The first kappa shape index (κ1) is 13.4. The van der Waals surface area contributed by atoms with Gasteiger partial charge in [0, 0.05) is 25.2 Å². The van der Waals surface area contributed by atoms with E-state index in [4.69, 9.17) is 11.6 Å². The molecule has 2 aromatic heterocycles. The van der Waals surface area contributed by atoms with Gasteiger partial charge >= 0.3 is 0 Å².